The third-order valence-electron chi connectivity index (χ3n) is 2.26. The first-order valence-electron chi connectivity index (χ1n) is 4.49. The highest BCUT2D eigenvalue weighted by Crippen LogP contribution is 2.00. The third kappa shape index (κ3) is 2.48. The predicted molar refractivity (Wildman–Crippen MR) is 57.9 cm³/mol. The standard InChI is InChI=1S/C5H17B3N4O/c1-6-9-7(11(2)3)12(4)8(10-6)13-5/h9-10H,1-5H3. The maximum Gasteiger partial charge on any atom is 0.455 e. The minimum absolute atomic E-state index is 0.0244. The zero-order valence-electron chi connectivity index (χ0n) is 9.03. The van der Waals surface area contributed by atoms with Crippen LogP contribution in [0.5, 0.6) is 0 Å². The molecule has 0 aromatic carbocycles. The lowest BCUT2D eigenvalue weighted by Gasteiger charge is -2.39. The first-order valence-corrected chi connectivity index (χ1v) is 4.49. The second-order valence-electron chi connectivity index (χ2n) is 3.65. The molecule has 0 aromatic rings. The zero-order chi connectivity index (χ0) is 10.0. The van der Waals surface area contributed by atoms with Crippen molar-refractivity contribution in [3.05, 3.63) is 0 Å². The lowest BCUT2D eigenvalue weighted by atomic mass is 9.58. The Kier molecular flexibility index (Phi) is 3.81. The van der Waals surface area contributed by atoms with Crippen molar-refractivity contribution in [1.29, 1.82) is 0 Å². The highest BCUT2D eigenvalue weighted by Gasteiger charge is 2.40. The summed E-state index contributed by atoms with van der Waals surface area (Å²) in [6.07, 6.45) is 0. The molecule has 13 heavy (non-hydrogen) atoms. The topological polar surface area (TPSA) is 39.8 Å². The van der Waals surface area contributed by atoms with Crippen molar-refractivity contribution in [2.45, 2.75) is 6.82 Å². The van der Waals surface area contributed by atoms with Gasteiger partial charge in [0.25, 0.3) is 6.98 Å². The summed E-state index contributed by atoms with van der Waals surface area (Å²) in [6.45, 7) is 2.34. The van der Waals surface area contributed by atoms with Gasteiger partial charge in [0.2, 0.25) is 0 Å². The second kappa shape index (κ2) is 4.48. The van der Waals surface area contributed by atoms with Crippen LogP contribution in [0.1, 0.15) is 0 Å². The van der Waals surface area contributed by atoms with E-state index in [-0.39, 0.29) is 21.3 Å². The largest absolute Gasteiger partial charge is 0.455 e. The molecule has 1 heterocycles. The molecule has 1 rings (SSSR count). The van der Waals surface area contributed by atoms with Crippen LogP contribution in [-0.4, -0.2) is 59.1 Å². The summed E-state index contributed by atoms with van der Waals surface area (Å²) in [5, 5.41) is 6.66. The van der Waals surface area contributed by atoms with E-state index >= 15 is 0 Å². The molecule has 1 fully saturated rings. The number of hydrogen-bond acceptors (Lipinski definition) is 5. The lowest BCUT2D eigenvalue weighted by Crippen LogP contribution is -2.78. The van der Waals surface area contributed by atoms with Gasteiger partial charge in [-0.3, -0.25) is 0 Å². The van der Waals surface area contributed by atoms with Gasteiger partial charge in [0.1, 0.15) is 0 Å². The van der Waals surface area contributed by atoms with E-state index in [2.05, 4.69) is 26.6 Å². The first-order chi connectivity index (χ1) is 6.06. The van der Waals surface area contributed by atoms with E-state index in [9.17, 15) is 0 Å². The summed E-state index contributed by atoms with van der Waals surface area (Å²) in [6, 6.07) is 0. The third-order valence-corrected chi connectivity index (χ3v) is 2.26. The number of hydrogen-bond donors (Lipinski definition) is 2. The molecule has 0 bridgehead atoms. The highest BCUT2D eigenvalue weighted by molar-refractivity contribution is 6.83. The Labute approximate surface area is 81.6 Å². The lowest BCUT2D eigenvalue weighted by molar-refractivity contribution is 0.367. The minimum Gasteiger partial charge on any atom is -0.412 e. The fourth-order valence-corrected chi connectivity index (χ4v) is 1.60. The molecule has 0 aliphatic carbocycles. The van der Waals surface area contributed by atoms with Gasteiger partial charge in [-0.1, -0.05) is 6.82 Å². The summed E-state index contributed by atoms with van der Waals surface area (Å²) in [4.78, 5) is 2.11. The van der Waals surface area contributed by atoms with Crippen LogP contribution in [0.15, 0.2) is 0 Å². The van der Waals surface area contributed by atoms with Crippen LogP contribution in [0.2, 0.25) is 6.82 Å². The molecule has 72 valence electrons. The van der Waals surface area contributed by atoms with E-state index in [1.807, 2.05) is 21.1 Å². The maximum atomic E-state index is 5.30. The van der Waals surface area contributed by atoms with E-state index in [0.717, 1.165) is 0 Å². The number of nitrogens with one attached hydrogen (secondary N) is 2. The summed E-state index contributed by atoms with van der Waals surface area (Å²) < 4.78 is 7.40. The van der Waals surface area contributed by atoms with Gasteiger partial charge in [-0.05, 0) is 21.1 Å². The Balaban J connectivity index is 2.63. The van der Waals surface area contributed by atoms with Crippen LogP contribution >= 0.6 is 0 Å². The van der Waals surface area contributed by atoms with Crippen molar-refractivity contribution < 1.29 is 4.65 Å². The van der Waals surface area contributed by atoms with Gasteiger partial charge in [-0.2, -0.15) is 0 Å². The van der Waals surface area contributed by atoms with Crippen LogP contribution < -0.4 is 10.3 Å². The van der Waals surface area contributed by atoms with Crippen LogP contribution in [0.3, 0.4) is 0 Å². The van der Waals surface area contributed by atoms with Gasteiger partial charge in [0.05, 0.1) is 0 Å². The molecule has 1 aliphatic rings. The molecule has 0 radical (unpaired) electrons. The Morgan fingerprint density at radius 1 is 1.31 bits per heavy atom. The maximum absolute atomic E-state index is 5.30. The van der Waals surface area contributed by atoms with Crippen LogP contribution in [0, 0.1) is 0 Å². The Morgan fingerprint density at radius 2 is 1.92 bits per heavy atom. The normalized spacial score (nSPS) is 20.3. The molecule has 5 nitrogen and oxygen atoms in total. The van der Waals surface area contributed by atoms with E-state index in [4.69, 9.17) is 4.65 Å². The number of rotatable bonds is 2. The Hall–Kier alpha value is -0.00519. The molecule has 1 saturated heterocycles. The molecular formula is C5H17B3N4O. The average molecular weight is 182 g/mol. The van der Waals surface area contributed by atoms with E-state index in [1.165, 1.54) is 0 Å². The summed E-state index contributed by atoms with van der Waals surface area (Å²) >= 11 is 0. The first kappa shape index (κ1) is 11.1. The van der Waals surface area contributed by atoms with Crippen LogP contribution in [-0.2, 0) is 4.65 Å². The molecule has 0 saturated carbocycles. The molecule has 0 aromatic heterocycles. The zero-order valence-corrected chi connectivity index (χ0v) is 9.03. The van der Waals surface area contributed by atoms with Gasteiger partial charge in [-0.15, -0.1) is 0 Å². The van der Waals surface area contributed by atoms with Crippen molar-refractivity contribution in [2.24, 2.45) is 0 Å². The Morgan fingerprint density at radius 3 is 2.38 bits per heavy atom. The van der Waals surface area contributed by atoms with Gasteiger partial charge in [-0.25, -0.2) is 0 Å². The van der Waals surface area contributed by atoms with Gasteiger partial charge in [0.15, 0.2) is 0 Å². The van der Waals surface area contributed by atoms with E-state index in [0.29, 0.717) is 0 Å². The smallest absolute Gasteiger partial charge is 0.412 e. The van der Waals surface area contributed by atoms with E-state index in [1.54, 1.807) is 7.11 Å². The van der Waals surface area contributed by atoms with Gasteiger partial charge < -0.3 is 24.5 Å². The fraction of sp³-hybridized carbons (Fsp3) is 1.00. The van der Waals surface area contributed by atoms with Crippen molar-refractivity contribution >= 4 is 21.3 Å². The molecular weight excluding hydrogens is 165 g/mol. The molecule has 8 heteroatoms. The van der Waals surface area contributed by atoms with Crippen LogP contribution in [0.4, 0.5) is 0 Å². The monoisotopic (exact) mass is 182 g/mol. The summed E-state index contributed by atoms with van der Waals surface area (Å²) in [7, 11) is 7.99. The molecule has 0 spiro atoms. The van der Waals surface area contributed by atoms with Crippen molar-refractivity contribution in [3.8, 4) is 0 Å². The summed E-state index contributed by atoms with van der Waals surface area (Å²) in [5.74, 6) is 0. The molecule has 0 atom stereocenters. The van der Waals surface area contributed by atoms with Crippen molar-refractivity contribution in [2.75, 3.05) is 28.3 Å². The highest BCUT2D eigenvalue weighted by atomic mass is 16.4. The summed E-state index contributed by atoms with van der Waals surface area (Å²) in [5.41, 5.74) is 0. The van der Waals surface area contributed by atoms with Crippen molar-refractivity contribution in [1.82, 2.24) is 19.8 Å². The quantitative estimate of drug-likeness (QED) is 0.503. The number of nitrogens with zero attached hydrogens (tertiary/aromatic N) is 2. The SMILES string of the molecule is COB1NB(C)NB(N(C)C)N1C. The molecule has 0 unspecified atom stereocenters. The molecule has 1 aliphatic heterocycles. The fourth-order valence-electron chi connectivity index (χ4n) is 1.60. The second-order valence-corrected chi connectivity index (χ2v) is 3.65. The van der Waals surface area contributed by atoms with Gasteiger partial charge in [0, 0.05) is 7.11 Å². The molecule has 2 N–H and O–H groups in total. The van der Waals surface area contributed by atoms with Crippen LogP contribution in [0.25, 0.3) is 0 Å². The van der Waals surface area contributed by atoms with Crippen molar-refractivity contribution in [3.63, 3.8) is 0 Å². The van der Waals surface area contributed by atoms with E-state index < -0.39 is 0 Å². The molecule has 0 amide bonds. The predicted octanol–water partition coefficient (Wildman–Crippen LogP) is -1.59. The Bertz CT molecular complexity index is 172. The minimum atomic E-state index is -0.0244. The average Bonchev–Trinajstić information content (AvgIpc) is 2.08. The van der Waals surface area contributed by atoms with Gasteiger partial charge >= 0.3 is 14.3 Å².